The molecule has 0 aromatic heterocycles. The van der Waals surface area contributed by atoms with Crippen molar-refractivity contribution in [1.29, 1.82) is 0 Å². The fraction of sp³-hybridized carbons (Fsp3) is 0.421. The molecular formula is C19H24ClN3O3. The smallest absolute Gasteiger partial charge is 0.262 e. The number of carbonyl (C=O) groups is 3. The molecule has 140 valence electrons. The number of nitrogens with one attached hydrogen (secondary N) is 3. The van der Waals surface area contributed by atoms with Gasteiger partial charge in [-0.1, -0.05) is 23.7 Å². The molecule has 2 atom stereocenters. The predicted molar refractivity (Wildman–Crippen MR) is 101 cm³/mol. The lowest BCUT2D eigenvalue weighted by Gasteiger charge is -2.12. The van der Waals surface area contributed by atoms with Gasteiger partial charge in [-0.3, -0.25) is 25.2 Å². The van der Waals surface area contributed by atoms with Crippen molar-refractivity contribution < 1.29 is 14.4 Å². The van der Waals surface area contributed by atoms with Crippen LogP contribution in [-0.4, -0.2) is 23.8 Å². The highest BCUT2D eigenvalue weighted by Gasteiger charge is 2.26. The van der Waals surface area contributed by atoms with Crippen molar-refractivity contribution in [3.05, 3.63) is 40.4 Å². The number of rotatable bonds is 5. The molecule has 1 saturated carbocycles. The van der Waals surface area contributed by atoms with Gasteiger partial charge in [0.15, 0.2) is 0 Å². The van der Waals surface area contributed by atoms with E-state index < -0.39 is 5.91 Å². The normalized spacial score (nSPS) is 19.3. The number of hydrazine groups is 1. The van der Waals surface area contributed by atoms with Gasteiger partial charge in [0, 0.05) is 30.5 Å². The first-order valence-corrected chi connectivity index (χ1v) is 9.01. The lowest BCUT2D eigenvalue weighted by molar-refractivity contribution is -0.127. The van der Waals surface area contributed by atoms with Crippen molar-refractivity contribution in [3.63, 3.8) is 0 Å². The molecule has 1 aromatic carbocycles. The number of hydrogen-bond acceptors (Lipinski definition) is 3. The van der Waals surface area contributed by atoms with Gasteiger partial charge in [-0.25, -0.2) is 0 Å². The largest absolute Gasteiger partial charge is 0.354 e. The maximum absolute atomic E-state index is 11.9. The number of carbonyl (C=O) groups excluding carboxylic acids is 3. The van der Waals surface area contributed by atoms with Crippen LogP contribution in [0.25, 0.3) is 6.08 Å². The van der Waals surface area contributed by atoms with Crippen LogP contribution in [0.15, 0.2) is 24.3 Å². The summed E-state index contributed by atoms with van der Waals surface area (Å²) in [4.78, 5) is 34.8. The standard InChI is InChI=1S/C19H24ClN3O3/c1-12-3-4-14(10-17(12)20)6-8-18(25)22-23-19(26)11-15-5-7-16(9-15)21-13(2)24/h3-4,6,8,10,15-16H,5,7,9,11H2,1-2H3,(H,21,24)(H,22,25)(H,23,26)/b8-6+/t15-,16+/m1/s1. The summed E-state index contributed by atoms with van der Waals surface area (Å²) in [5.41, 5.74) is 6.56. The maximum atomic E-state index is 11.9. The Balaban J connectivity index is 1.71. The minimum absolute atomic E-state index is 0.0472. The van der Waals surface area contributed by atoms with Crippen LogP contribution in [0.2, 0.25) is 5.02 Å². The van der Waals surface area contributed by atoms with Crippen LogP contribution in [0.1, 0.15) is 43.7 Å². The third-order valence-electron chi connectivity index (χ3n) is 4.37. The van der Waals surface area contributed by atoms with E-state index in [9.17, 15) is 14.4 Å². The zero-order valence-electron chi connectivity index (χ0n) is 15.0. The van der Waals surface area contributed by atoms with Gasteiger partial charge in [0.1, 0.15) is 0 Å². The quantitative estimate of drug-likeness (QED) is 0.544. The first-order chi connectivity index (χ1) is 12.3. The topological polar surface area (TPSA) is 87.3 Å². The summed E-state index contributed by atoms with van der Waals surface area (Å²) in [7, 11) is 0. The van der Waals surface area contributed by atoms with E-state index >= 15 is 0 Å². The van der Waals surface area contributed by atoms with Gasteiger partial charge < -0.3 is 5.32 Å². The highest BCUT2D eigenvalue weighted by molar-refractivity contribution is 6.31. The van der Waals surface area contributed by atoms with Gasteiger partial charge in [0.05, 0.1) is 0 Å². The van der Waals surface area contributed by atoms with Crippen LogP contribution in [0, 0.1) is 12.8 Å². The molecule has 0 spiro atoms. The second-order valence-corrected chi connectivity index (χ2v) is 7.07. The zero-order chi connectivity index (χ0) is 19.1. The summed E-state index contributed by atoms with van der Waals surface area (Å²) < 4.78 is 0. The molecular weight excluding hydrogens is 354 g/mol. The van der Waals surface area contributed by atoms with Crippen LogP contribution in [0.4, 0.5) is 0 Å². The van der Waals surface area contributed by atoms with Crippen LogP contribution in [-0.2, 0) is 14.4 Å². The number of aryl methyl sites for hydroxylation is 1. The Morgan fingerprint density at radius 1 is 1.23 bits per heavy atom. The van der Waals surface area contributed by atoms with Crippen LogP contribution in [0.5, 0.6) is 0 Å². The van der Waals surface area contributed by atoms with Gasteiger partial charge in [0.25, 0.3) is 5.91 Å². The van der Waals surface area contributed by atoms with Gasteiger partial charge in [-0.15, -0.1) is 0 Å². The van der Waals surface area contributed by atoms with Crippen LogP contribution >= 0.6 is 11.6 Å². The fourth-order valence-corrected chi connectivity index (χ4v) is 3.24. The highest BCUT2D eigenvalue weighted by Crippen LogP contribution is 2.28. The van der Waals surface area contributed by atoms with E-state index in [0.29, 0.717) is 11.4 Å². The van der Waals surface area contributed by atoms with E-state index in [0.717, 1.165) is 30.4 Å². The summed E-state index contributed by atoms with van der Waals surface area (Å²) in [5.74, 6) is -0.487. The lowest BCUT2D eigenvalue weighted by atomic mass is 10.0. The fourth-order valence-electron chi connectivity index (χ4n) is 3.05. The van der Waals surface area contributed by atoms with Crippen molar-refractivity contribution in [2.24, 2.45) is 5.92 Å². The van der Waals surface area contributed by atoms with Crippen molar-refractivity contribution in [2.75, 3.05) is 0 Å². The van der Waals surface area contributed by atoms with Gasteiger partial charge in [-0.2, -0.15) is 0 Å². The molecule has 1 aliphatic rings. The average Bonchev–Trinajstić information content (AvgIpc) is 3.00. The molecule has 6 nitrogen and oxygen atoms in total. The van der Waals surface area contributed by atoms with E-state index in [1.54, 1.807) is 12.1 Å². The molecule has 2 rings (SSSR count). The van der Waals surface area contributed by atoms with Gasteiger partial charge in [0.2, 0.25) is 11.8 Å². The summed E-state index contributed by atoms with van der Waals surface area (Å²) in [6.45, 7) is 3.40. The molecule has 0 unspecified atom stereocenters. The molecule has 3 amide bonds. The molecule has 0 saturated heterocycles. The second kappa shape index (κ2) is 9.38. The summed E-state index contributed by atoms with van der Waals surface area (Å²) in [6.07, 6.45) is 5.85. The van der Waals surface area contributed by atoms with Crippen molar-refractivity contribution in [2.45, 2.75) is 45.6 Å². The van der Waals surface area contributed by atoms with Crippen molar-refractivity contribution >= 4 is 35.4 Å². The summed E-state index contributed by atoms with van der Waals surface area (Å²) in [5, 5.41) is 3.51. The Labute approximate surface area is 158 Å². The Morgan fingerprint density at radius 2 is 2.00 bits per heavy atom. The molecule has 1 fully saturated rings. The van der Waals surface area contributed by atoms with Gasteiger partial charge >= 0.3 is 0 Å². The molecule has 0 radical (unpaired) electrons. The van der Waals surface area contributed by atoms with E-state index in [4.69, 9.17) is 11.6 Å². The number of amides is 3. The van der Waals surface area contributed by atoms with Crippen LogP contribution < -0.4 is 16.2 Å². The first-order valence-electron chi connectivity index (χ1n) is 8.63. The molecule has 3 N–H and O–H groups in total. The summed E-state index contributed by atoms with van der Waals surface area (Å²) >= 11 is 6.04. The third kappa shape index (κ3) is 6.52. The third-order valence-corrected chi connectivity index (χ3v) is 4.78. The van der Waals surface area contributed by atoms with Crippen LogP contribution in [0.3, 0.4) is 0 Å². The monoisotopic (exact) mass is 377 g/mol. The number of benzene rings is 1. The van der Waals surface area contributed by atoms with E-state index in [1.807, 2.05) is 19.1 Å². The molecule has 0 bridgehead atoms. The maximum Gasteiger partial charge on any atom is 0.262 e. The Kier molecular flexibility index (Phi) is 7.21. The molecule has 7 heteroatoms. The molecule has 26 heavy (non-hydrogen) atoms. The second-order valence-electron chi connectivity index (χ2n) is 6.66. The number of hydrogen-bond donors (Lipinski definition) is 3. The van der Waals surface area contributed by atoms with Crippen molar-refractivity contribution in [3.8, 4) is 0 Å². The van der Waals surface area contributed by atoms with Crippen molar-refractivity contribution in [1.82, 2.24) is 16.2 Å². The summed E-state index contributed by atoms with van der Waals surface area (Å²) in [6, 6.07) is 5.64. The Bertz CT molecular complexity index is 718. The number of halogens is 1. The predicted octanol–water partition coefficient (Wildman–Crippen LogP) is 2.50. The Morgan fingerprint density at radius 3 is 2.69 bits per heavy atom. The van der Waals surface area contributed by atoms with E-state index in [-0.39, 0.29) is 23.8 Å². The molecule has 0 aliphatic heterocycles. The molecule has 0 heterocycles. The van der Waals surface area contributed by atoms with E-state index in [1.165, 1.54) is 13.0 Å². The van der Waals surface area contributed by atoms with E-state index in [2.05, 4.69) is 16.2 Å². The Hall–Kier alpha value is -2.34. The lowest BCUT2D eigenvalue weighted by Crippen LogP contribution is -2.41. The van der Waals surface area contributed by atoms with Gasteiger partial charge in [-0.05, 0) is 55.4 Å². The zero-order valence-corrected chi connectivity index (χ0v) is 15.7. The minimum Gasteiger partial charge on any atom is -0.354 e. The highest BCUT2D eigenvalue weighted by atomic mass is 35.5. The first kappa shape index (κ1) is 20.0. The SMILES string of the molecule is CC(=O)N[C@H]1CC[C@@H](CC(=O)NNC(=O)/C=C/c2ccc(C)c(Cl)c2)C1. The average molecular weight is 378 g/mol. The minimum atomic E-state index is -0.419. The molecule has 1 aliphatic carbocycles. The molecule has 1 aromatic rings.